The average molecular weight is 349 g/mol. The number of rotatable bonds is 3. The molecule has 1 aliphatic rings. The molecule has 1 amide bonds. The van der Waals surface area contributed by atoms with Crippen LogP contribution in [0, 0.1) is 0 Å². The van der Waals surface area contributed by atoms with Crippen molar-refractivity contribution < 1.29 is 10.0 Å². The second-order valence-electron chi connectivity index (χ2n) is 5.62. The summed E-state index contributed by atoms with van der Waals surface area (Å²) in [6, 6.07) is 19.4. The molecule has 0 saturated carbocycles. The molecule has 0 aliphatic carbocycles. The highest BCUT2D eigenvalue weighted by molar-refractivity contribution is 7.99. The maximum Gasteiger partial charge on any atom is 0.274 e. The van der Waals surface area contributed by atoms with Crippen LogP contribution in [0.25, 0.3) is 0 Å². The van der Waals surface area contributed by atoms with E-state index < -0.39 is 5.91 Å². The number of aromatic nitrogens is 1. The van der Waals surface area contributed by atoms with E-state index in [4.69, 9.17) is 5.21 Å². The Morgan fingerprint density at radius 1 is 1.04 bits per heavy atom. The van der Waals surface area contributed by atoms with Crippen LogP contribution >= 0.6 is 11.8 Å². The summed E-state index contributed by atoms with van der Waals surface area (Å²) >= 11 is 1.72. The van der Waals surface area contributed by atoms with Gasteiger partial charge in [-0.2, -0.15) is 0 Å². The van der Waals surface area contributed by atoms with Gasteiger partial charge >= 0.3 is 0 Å². The maximum absolute atomic E-state index is 11.5. The van der Waals surface area contributed by atoms with Crippen LogP contribution in [-0.4, -0.2) is 16.1 Å². The molecule has 6 heteroatoms. The van der Waals surface area contributed by atoms with Gasteiger partial charge in [-0.15, -0.1) is 0 Å². The number of hydrogen-bond acceptors (Lipinski definition) is 5. The molecule has 0 spiro atoms. The van der Waals surface area contributed by atoms with E-state index in [1.54, 1.807) is 35.6 Å². The number of nitrogens with zero attached hydrogens (tertiary/aromatic N) is 2. The van der Waals surface area contributed by atoms with Crippen LogP contribution in [0.4, 0.5) is 11.5 Å². The summed E-state index contributed by atoms with van der Waals surface area (Å²) in [5.74, 6) is 0.418. The first-order valence-corrected chi connectivity index (χ1v) is 8.61. The number of hydrogen-bond donors (Lipinski definition) is 2. The number of benzene rings is 2. The first kappa shape index (κ1) is 15.7. The van der Waals surface area contributed by atoms with Crippen molar-refractivity contribution in [2.24, 2.45) is 0 Å². The Bertz CT molecular complexity index is 882. The third-order valence-electron chi connectivity index (χ3n) is 4.04. The van der Waals surface area contributed by atoms with Crippen LogP contribution in [0.1, 0.15) is 15.9 Å². The Labute approximate surface area is 149 Å². The SMILES string of the molecule is O=C(NO)c1ccc(CN2c3ccccc3Sc3cccnc32)cc1. The molecule has 1 aliphatic heterocycles. The third kappa shape index (κ3) is 2.97. The molecule has 5 nitrogen and oxygen atoms in total. The molecular formula is C19H15N3O2S. The highest BCUT2D eigenvalue weighted by Crippen LogP contribution is 2.47. The van der Waals surface area contributed by atoms with Gasteiger partial charge in [0.05, 0.1) is 10.6 Å². The van der Waals surface area contributed by atoms with Crippen LogP contribution in [0.3, 0.4) is 0 Å². The third-order valence-corrected chi connectivity index (χ3v) is 5.14. The van der Waals surface area contributed by atoms with Crippen molar-refractivity contribution in [3.8, 4) is 0 Å². The Morgan fingerprint density at radius 2 is 1.80 bits per heavy atom. The standard InChI is InChI=1S/C19H15N3O2S/c23-19(21-24)14-9-7-13(8-10-14)12-22-15-4-1-2-5-16(15)25-17-6-3-11-20-18(17)22/h1-11,24H,12H2,(H,21,23). The molecule has 2 N–H and O–H groups in total. The number of hydroxylamine groups is 1. The highest BCUT2D eigenvalue weighted by Gasteiger charge is 2.24. The predicted molar refractivity (Wildman–Crippen MR) is 96.3 cm³/mol. The van der Waals surface area contributed by atoms with Gasteiger partial charge in [-0.1, -0.05) is 36.0 Å². The van der Waals surface area contributed by atoms with E-state index in [9.17, 15) is 4.79 Å². The Balaban J connectivity index is 1.69. The molecule has 2 heterocycles. The quantitative estimate of drug-likeness (QED) is 0.553. The van der Waals surface area contributed by atoms with Crippen molar-refractivity contribution in [1.29, 1.82) is 0 Å². The fourth-order valence-electron chi connectivity index (χ4n) is 2.83. The monoisotopic (exact) mass is 349 g/mol. The summed E-state index contributed by atoms with van der Waals surface area (Å²) in [5, 5.41) is 8.72. The lowest BCUT2D eigenvalue weighted by molar-refractivity contribution is 0.0706. The van der Waals surface area contributed by atoms with E-state index in [1.165, 1.54) is 4.90 Å². The Morgan fingerprint density at radius 3 is 2.60 bits per heavy atom. The van der Waals surface area contributed by atoms with Gasteiger partial charge in [-0.25, -0.2) is 10.5 Å². The van der Waals surface area contributed by atoms with Gasteiger partial charge in [-0.3, -0.25) is 10.0 Å². The Kier molecular flexibility index (Phi) is 4.13. The lowest BCUT2D eigenvalue weighted by atomic mass is 10.1. The molecule has 1 aromatic heterocycles. The molecule has 0 bridgehead atoms. The highest BCUT2D eigenvalue weighted by atomic mass is 32.2. The summed E-state index contributed by atoms with van der Waals surface area (Å²) in [5.41, 5.74) is 4.23. The van der Waals surface area contributed by atoms with Gasteiger partial charge in [-0.05, 0) is 42.0 Å². The van der Waals surface area contributed by atoms with Crippen LogP contribution in [-0.2, 0) is 6.54 Å². The molecule has 0 radical (unpaired) electrons. The van der Waals surface area contributed by atoms with Crippen molar-refractivity contribution in [3.63, 3.8) is 0 Å². The summed E-state index contributed by atoms with van der Waals surface area (Å²) in [4.78, 5) is 20.5. The number of fused-ring (bicyclic) bond motifs is 2. The summed E-state index contributed by atoms with van der Waals surface area (Å²) < 4.78 is 0. The second kappa shape index (κ2) is 6.58. The first-order valence-electron chi connectivity index (χ1n) is 7.79. The fraction of sp³-hybridized carbons (Fsp3) is 0.0526. The molecule has 0 fully saturated rings. The molecule has 0 unspecified atom stereocenters. The molecule has 124 valence electrons. The topological polar surface area (TPSA) is 65.5 Å². The zero-order chi connectivity index (χ0) is 17.2. The number of para-hydroxylation sites is 1. The van der Waals surface area contributed by atoms with E-state index in [1.807, 2.05) is 30.3 Å². The number of pyridine rings is 1. The first-order chi connectivity index (χ1) is 12.3. The van der Waals surface area contributed by atoms with Crippen LogP contribution in [0.2, 0.25) is 0 Å². The van der Waals surface area contributed by atoms with Gasteiger partial charge in [0.15, 0.2) is 0 Å². The molecule has 0 saturated heterocycles. The summed E-state index contributed by atoms with van der Waals surface area (Å²) in [7, 11) is 0. The van der Waals surface area contributed by atoms with E-state index >= 15 is 0 Å². The molecule has 25 heavy (non-hydrogen) atoms. The summed E-state index contributed by atoms with van der Waals surface area (Å²) in [6.07, 6.45) is 1.80. The molecule has 2 aromatic carbocycles. The van der Waals surface area contributed by atoms with Gasteiger partial charge in [0.1, 0.15) is 5.82 Å². The number of nitrogens with one attached hydrogen (secondary N) is 1. The molecule has 3 aromatic rings. The van der Waals surface area contributed by atoms with Crippen LogP contribution in [0.15, 0.2) is 76.7 Å². The van der Waals surface area contributed by atoms with Crippen LogP contribution in [0.5, 0.6) is 0 Å². The number of carbonyl (C=O) groups excluding carboxylic acids is 1. The van der Waals surface area contributed by atoms with E-state index in [-0.39, 0.29) is 0 Å². The number of anilines is 2. The fourth-order valence-corrected chi connectivity index (χ4v) is 3.90. The van der Waals surface area contributed by atoms with Gasteiger partial charge in [0, 0.05) is 23.2 Å². The number of carbonyl (C=O) groups is 1. The van der Waals surface area contributed by atoms with Crippen molar-refractivity contribution in [2.45, 2.75) is 16.3 Å². The van der Waals surface area contributed by atoms with Crippen molar-refractivity contribution in [1.82, 2.24) is 10.5 Å². The van der Waals surface area contributed by atoms with E-state index in [2.05, 4.69) is 28.1 Å². The van der Waals surface area contributed by atoms with Crippen LogP contribution < -0.4 is 10.4 Å². The smallest absolute Gasteiger partial charge is 0.274 e. The van der Waals surface area contributed by atoms with Crippen molar-refractivity contribution in [2.75, 3.05) is 4.90 Å². The minimum Gasteiger partial charge on any atom is -0.320 e. The zero-order valence-electron chi connectivity index (χ0n) is 13.2. The maximum atomic E-state index is 11.5. The second-order valence-corrected chi connectivity index (χ2v) is 6.70. The normalized spacial score (nSPS) is 12.3. The van der Waals surface area contributed by atoms with Gasteiger partial charge in [0.25, 0.3) is 5.91 Å². The predicted octanol–water partition coefficient (Wildman–Crippen LogP) is 4.00. The van der Waals surface area contributed by atoms with Crippen molar-refractivity contribution in [3.05, 3.63) is 78.0 Å². The average Bonchev–Trinajstić information content (AvgIpc) is 2.67. The van der Waals surface area contributed by atoms with Gasteiger partial charge < -0.3 is 4.90 Å². The minimum atomic E-state index is -0.515. The van der Waals surface area contributed by atoms with E-state index in [0.29, 0.717) is 12.1 Å². The molecule has 0 atom stereocenters. The zero-order valence-corrected chi connectivity index (χ0v) is 14.0. The Hall–Kier alpha value is -2.83. The van der Waals surface area contributed by atoms with E-state index in [0.717, 1.165) is 22.0 Å². The number of amides is 1. The summed E-state index contributed by atoms with van der Waals surface area (Å²) in [6.45, 7) is 0.641. The lowest BCUT2D eigenvalue weighted by Crippen LogP contribution is -2.21. The molecular weight excluding hydrogens is 334 g/mol. The van der Waals surface area contributed by atoms with Gasteiger partial charge in [0.2, 0.25) is 0 Å². The minimum absolute atomic E-state index is 0.416. The molecule has 4 rings (SSSR count). The van der Waals surface area contributed by atoms with Crippen molar-refractivity contribution >= 4 is 29.2 Å². The lowest BCUT2D eigenvalue weighted by Gasteiger charge is -2.31. The largest absolute Gasteiger partial charge is 0.320 e.